The van der Waals surface area contributed by atoms with Crippen molar-refractivity contribution in [3.05, 3.63) is 23.8 Å². The summed E-state index contributed by atoms with van der Waals surface area (Å²) in [7, 11) is 0. The summed E-state index contributed by atoms with van der Waals surface area (Å²) in [4.78, 5) is 10.1. The van der Waals surface area contributed by atoms with E-state index in [9.17, 15) is 13.6 Å². The highest BCUT2D eigenvalue weighted by Crippen LogP contribution is 2.28. The smallest absolute Gasteiger partial charge is 0.374 e. The van der Waals surface area contributed by atoms with Gasteiger partial charge in [-0.15, -0.1) is 0 Å². The maximum Gasteiger partial charge on any atom is 0.374 e. The van der Waals surface area contributed by atoms with Gasteiger partial charge in [-0.2, -0.15) is 8.78 Å². The van der Waals surface area contributed by atoms with E-state index < -0.39 is 29.8 Å². The van der Waals surface area contributed by atoms with Crippen molar-refractivity contribution in [1.82, 2.24) is 0 Å². The van der Waals surface area contributed by atoms with Crippen molar-refractivity contribution in [2.24, 2.45) is 0 Å². The van der Waals surface area contributed by atoms with Crippen molar-refractivity contribution in [3.8, 4) is 11.5 Å². The van der Waals surface area contributed by atoms with E-state index in [1.807, 2.05) is 0 Å². The van der Waals surface area contributed by atoms with Gasteiger partial charge in [0.15, 0.2) is 11.5 Å². The zero-order valence-electron chi connectivity index (χ0n) is 7.44. The Labute approximate surface area is 83.4 Å². The first-order valence-corrected chi connectivity index (χ1v) is 3.95. The van der Waals surface area contributed by atoms with Crippen LogP contribution in [0.1, 0.15) is 5.56 Å². The lowest BCUT2D eigenvalue weighted by Gasteiger charge is -2.11. The van der Waals surface area contributed by atoms with Crippen molar-refractivity contribution in [2.45, 2.75) is 12.3 Å². The molecule has 0 aliphatic heterocycles. The van der Waals surface area contributed by atoms with Crippen LogP contribution < -0.4 is 0 Å². The molecule has 0 saturated carbocycles. The first-order chi connectivity index (χ1) is 6.83. The fourth-order valence-electron chi connectivity index (χ4n) is 1.01. The third kappa shape index (κ3) is 2.55. The lowest BCUT2D eigenvalue weighted by molar-refractivity contribution is -0.164. The molecule has 1 aromatic rings. The molecule has 3 N–H and O–H groups in total. The number of aromatic hydroxyl groups is 2. The topological polar surface area (TPSA) is 77.8 Å². The van der Waals surface area contributed by atoms with Gasteiger partial charge in [0.1, 0.15) is 0 Å². The molecule has 0 amide bonds. The van der Waals surface area contributed by atoms with Gasteiger partial charge in [-0.3, -0.25) is 0 Å². The minimum atomic E-state index is -3.89. The molecule has 4 nitrogen and oxygen atoms in total. The van der Waals surface area contributed by atoms with Crippen molar-refractivity contribution in [3.63, 3.8) is 0 Å². The molecule has 0 spiro atoms. The number of phenols is 2. The maximum absolute atomic E-state index is 12.7. The van der Waals surface area contributed by atoms with Crippen LogP contribution in [-0.4, -0.2) is 27.2 Å². The van der Waals surface area contributed by atoms with Crippen LogP contribution in [0.15, 0.2) is 18.2 Å². The van der Waals surface area contributed by atoms with E-state index in [-0.39, 0.29) is 5.56 Å². The Bertz CT molecular complexity index is 390. The number of phenolic OH excluding ortho intramolecular Hbond substituents is 2. The molecular weight excluding hydrogens is 210 g/mol. The van der Waals surface area contributed by atoms with Crippen LogP contribution in [0.5, 0.6) is 11.5 Å². The van der Waals surface area contributed by atoms with Crippen molar-refractivity contribution >= 4 is 5.97 Å². The molecule has 0 bridgehead atoms. The van der Waals surface area contributed by atoms with Crippen LogP contribution in [0.2, 0.25) is 0 Å². The normalized spacial score (nSPS) is 11.3. The second-order valence-corrected chi connectivity index (χ2v) is 3.01. The highest BCUT2D eigenvalue weighted by molar-refractivity contribution is 5.75. The molecule has 82 valence electrons. The number of aliphatic carboxylic acids is 1. The van der Waals surface area contributed by atoms with Crippen molar-refractivity contribution in [1.29, 1.82) is 0 Å². The van der Waals surface area contributed by atoms with Crippen LogP contribution in [0.3, 0.4) is 0 Å². The highest BCUT2D eigenvalue weighted by Gasteiger charge is 2.38. The van der Waals surface area contributed by atoms with E-state index in [2.05, 4.69) is 0 Å². The third-order valence-electron chi connectivity index (χ3n) is 1.78. The lowest BCUT2D eigenvalue weighted by Crippen LogP contribution is -2.30. The SMILES string of the molecule is O=C(O)C(F)(F)Cc1ccc(O)c(O)c1. The molecule has 0 saturated heterocycles. The average molecular weight is 218 g/mol. The minimum Gasteiger partial charge on any atom is -0.504 e. The molecule has 6 heteroatoms. The number of halogens is 2. The maximum atomic E-state index is 12.7. The molecule has 0 fully saturated rings. The zero-order chi connectivity index (χ0) is 11.6. The fourth-order valence-corrected chi connectivity index (χ4v) is 1.01. The number of carboxylic acid groups (broad SMARTS) is 1. The molecule has 0 heterocycles. The Kier molecular flexibility index (Phi) is 2.78. The summed E-state index contributed by atoms with van der Waals surface area (Å²) in [6.45, 7) is 0. The monoisotopic (exact) mass is 218 g/mol. The van der Waals surface area contributed by atoms with Crippen molar-refractivity contribution in [2.75, 3.05) is 0 Å². The molecule has 1 aromatic carbocycles. The first-order valence-electron chi connectivity index (χ1n) is 3.95. The molecule has 1 rings (SSSR count). The van der Waals surface area contributed by atoms with Gasteiger partial charge in [-0.1, -0.05) is 6.07 Å². The van der Waals surface area contributed by atoms with Crippen LogP contribution in [0.4, 0.5) is 8.78 Å². The van der Waals surface area contributed by atoms with Gasteiger partial charge in [-0.05, 0) is 17.7 Å². The summed E-state index contributed by atoms with van der Waals surface area (Å²) in [5.74, 6) is -7.12. The summed E-state index contributed by atoms with van der Waals surface area (Å²) in [6, 6.07) is 3.03. The summed E-state index contributed by atoms with van der Waals surface area (Å²) in [5.41, 5.74) is -0.0716. The second-order valence-electron chi connectivity index (χ2n) is 3.01. The van der Waals surface area contributed by atoms with E-state index in [0.29, 0.717) is 0 Å². The van der Waals surface area contributed by atoms with Crippen LogP contribution >= 0.6 is 0 Å². The summed E-state index contributed by atoms with van der Waals surface area (Å²) < 4.78 is 25.4. The van der Waals surface area contributed by atoms with Gasteiger partial charge in [0.2, 0.25) is 0 Å². The molecule has 0 atom stereocenters. The van der Waals surface area contributed by atoms with Crippen LogP contribution in [0, 0.1) is 0 Å². The van der Waals surface area contributed by atoms with E-state index >= 15 is 0 Å². The number of hydrogen-bond acceptors (Lipinski definition) is 3. The number of benzene rings is 1. The van der Waals surface area contributed by atoms with Gasteiger partial charge >= 0.3 is 11.9 Å². The van der Waals surface area contributed by atoms with E-state index in [1.165, 1.54) is 0 Å². The van der Waals surface area contributed by atoms with Gasteiger partial charge < -0.3 is 15.3 Å². The molecule has 15 heavy (non-hydrogen) atoms. The van der Waals surface area contributed by atoms with E-state index in [0.717, 1.165) is 18.2 Å². The second kappa shape index (κ2) is 3.72. The Balaban J connectivity index is 2.91. The minimum absolute atomic E-state index is 0.0716. The quantitative estimate of drug-likeness (QED) is 0.669. The van der Waals surface area contributed by atoms with Gasteiger partial charge in [-0.25, -0.2) is 4.79 Å². The number of hydrogen-bond donors (Lipinski definition) is 3. The molecule has 0 radical (unpaired) electrons. The van der Waals surface area contributed by atoms with Crippen molar-refractivity contribution < 1.29 is 28.9 Å². The molecule has 0 unspecified atom stereocenters. The zero-order valence-corrected chi connectivity index (χ0v) is 7.44. The van der Waals surface area contributed by atoms with Gasteiger partial charge in [0.25, 0.3) is 0 Å². The first kappa shape index (κ1) is 11.2. The summed E-state index contributed by atoms with van der Waals surface area (Å²) in [5, 5.41) is 26.1. The largest absolute Gasteiger partial charge is 0.504 e. The van der Waals surface area contributed by atoms with Crippen LogP contribution in [-0.2, 0) is 11.2 Å². The third-order valence-corrected chi connectivity index (χ3v) is 1.78. The van der Waals surface area contributed by atoms with Crippen LogP contribution in [0.25, 0.3) is 0 Å². The Hall–Kier alpha value is -1.85. The summed E-state index contributed by atoms with van der Waals surface area (Å²) in [6.07, 6.45) is -1.03. The van der Waals surface area contributed by atoms with E-state index in [4.69, 9.17) is 15.3 Å². The molecule has 0 aliphatic carbocycles. The molecular formula is C9H8F2O4. The fraction of sp³-hybridized carbons (Fsp3) is 0.222. The number of alkyl halides is 2. The van der Waals surface area contributed by atoms with Gasteiger partial charge in [0.05, 0.1) is 0 Å². The Morgan fingerprint density at radius 2 is 1.87 bits per heavy atom. The standard InChI is InChI=1S/C9H8F2O4/c10-9(11,8(14)15)4-5-1-2-6(12)7(13)3-5/h1-3,12-13H,4H2,(H,14,15). The highest BCUT2D eigenvalue weighted by atomic mass is 19.3. The predicted octanol–water partition coefficient (Wildman–Crippen LogP) is 1.36. The molecule has 0 aliphatic rings. The number of carboxylic acids is 1. The number of rotatable bonds is 3. The van der Waals surface area contributed by atoms with Gasteiger partial charge in [0, 0.05) is 6.42 Å². The Morgan fingerprint density at radius 1 is 1.27 bits per heavy atom. The predicted molar refractivity (Wildman–Crippen MR) is 46.1 cm³/mol. The van der Waals surface area contributed by atoms with E-state index in [1.54, 1.807) is 0 Å². The lowest BCUT2D eigenvalue weighted by atomic mass is 10.1. The molecule has 0 aromatic heterocycles. The summed E-state index contributed by atoms with van der Waals surface area (Å²) >= 11 is 0. The Morgan fingerprint density at radius 3 is 2.33 bits per heavy atom. The average Bonchev–Trinajstić information content (AvgIpc) is 2.10. The number of carbonyl (C=O) groups is 1.